The van der Waals surface area contributed by atoms with Gasteiger partial charge in [-0.05, 0) is 46.6 Å². The summed E-state index contributed by atoms with van der Waals surface area (Å²) in [6.45, 7) is 3.01. The molecule has 7 nitrogen and oxygen atoms in total. The summed E-state index contributed by atoms with van der Waals surface area (Å²) in [6.07, 6.45) is 4.24. The quantitative estimate of drug-likeness (QED) is 0.215. The Morgan fingerprint density at radius 2 is 2.03 bits per heavy atom. The highest BCUT2D eigenvalue weighted by Crippen LogP contribution is 2.28. The van der Waals surface area contributed by atoms with Crippen molar-refractivity contribution in [1.82, 2.24) is 20.9 Å². The lowest BCUT2D eigenvalue weighted by atomic mass is 10.2. The molecule has 1 atom stereocenters. The van der Waals surface area contributed by atoms with E-state index >= 15 is 0 Å². The number of rotatable bonds is 6. The number of pyridine rings is 1. The molecule has 29 heavy (non-hydrogen) atoms. The average molecular weight is 573 g/mol. The SMILES string of the molecule is CN=C(NCCNC(=O)c1cccnc1)NC1CCN(c2ccccc2Br)C1.I. The van der Waals surface area contributed by atoms with Crippen LogP contribution < -0.4 is 20.9 Å². The summed E-state index contributed by atoms with van der Waals surface area (Å²) in [6, 6.07) is 12.1. The summed E-state index contributed by atoms with van der Waals surface area (Å²) >= 11 is 3.62. The number of halogens is 2. The minimum atomic E-state index is -0.127. The first-order valence-corrected chi connectivity index (χ1v) is 10.1. The lowest BCUT2D eigenvalue weighted by molar-refractivity contribution is 0.0954. The van der Waals surface area contributed by atoms with E-state index in [-0.39, 0.29) is 29.9 Å². The van der Waals surface area contributed by atoms with Crippen molar-refractivity contribution >= 4 is 57.5 Å². The van der Waals surface area contributed by atoms with E-state index in [9.17, 15) is 4.79 Å². The molecule has 0 aliphatic carbocycles. The van der Waals surface area contributed by atoms with Crippen LogP contribution in [0.3, 0.4) is 0 Å². The topological polar surface area (TPSA) is 81.6 Å². The molecule has 3 N–H and O–H groups in total. The van der Waals surface area contributed by atoms with E-state index in [0.29, 0.717) is 24.7 Å². The number of guanidine groups is 1. The number of hydrogen-bond donors (Lipinski definition) is 3. The smallest absolute Gasteiger partial charge is 0.252 e. The number of hydrogen-bond acceptors (Lipinski definition) is 4. The van der Waals surface area contributed by atoms with Gasteiger partial charge in [0.2, 0.25) is 0 Å². The van der Waals surface area contributed by atoms with Gasteiger partial charge in [-0.3, -0.25) is 14.8 Å². The normalized spacial score (nSPS) is 16.1. The Hall–Kier alpha value is -1.88. The Balaban J connectivity index is 0.00000300. The summed E-state index contributed by atoms with van der Waals surface area (Å²) < 4.78 is 1.11. The van der Waals surface area contributed by atoms with Crippen LogP contribution >= 0.6 is 39.9 Å². The van der Waals surface area contributed by atoms with Gasteiger partial charge in [-0.2, -0.15) is 0 Å². The first-order valence-electron chi connectivity index (χ1n) is 9.32. The van der Waals surface area contributed by atoms with E-state index in [4.69, 9.17) is 0 Å². The molecule has 1 aromatic heterocycles. The van der Waals surface area contributed by atoms with Gasteiger partial charge in [-0.1, -0.05) is 12.1 Å². The van der Waals surface area contributed by atoms with Crippen LogP contribution in [0.15, 0.2) is 58.3 Å². The molecule has 1 aliphatic heterocycles. The van der Waals surface area contributed by atoms with Gasteiger partial charge in [0.05, 0.1) is 11.3 Å². The van der Waals surface area contributed by atoms with Crippen molar-refractivity contribution in [2.45, 2.75) is 12.5 Å². The molecular weight excluding hydrogens is 547 g/mol. The zero-order chi connectivity index (χ0) is 19.8. The zero-order valence-corrected chi connectivity index (χ0v) is 20.2. The van der Waals surface area contributed by atoms with Crippen molar-refractivity contribution < 1.29 is 4.79 Å². The van der Waals surface area contributed by atoms with Crippen molar-refractivity contribution in [3.8, 4) is 0 Å². The molecule has 1 aliphatic rings. The molecule has 2 heterocycles. The number of carbonyl (C=O) groups is 1. The summed E-state index contributed by atoms with van der Waals surface area (Å²) in [4.78, 5) is 22.6. The Labute approximate surface area is 196 Å². The Bertz CT molecular complexity index is 820. The van der Waals surface area contributed by atoms with Crippen molar-refractivity contribution in [1.29, 1.82) is 0 Å². The number of para-hydroxylation sites is 1. The monoisotopic (exact) mass is 572 g/mol. The Morgan fingerprint density at radius 1 is 1.24 bits per heavy atom. The van der Waals surface area contributed by atoms with Gasteiger partial charge in [0.1, 0.15) is 0 Å². The molecule has 1 unspecified atom stereocenters. The molecule has 1 fully saturated rings. The highest BCUT2D eigenvalue weighted by Gasteiger charge is 2.24. The maximum absolute atomic E-state index is 12.0. The van der Waals surface area contributed by atoms with E-state index in [1.165, 1.54) is 5.69 Å². The molecular formula is C20H26BrIN6O. The predicted molar refractivity (Wildman–Crippen MR) is 131 cm³/mol. The van der Waals surface area contributed by atoms with Crippen molar-refractivity contribution in [3.05, 3.63) is 58.8 Å². The molecule has 0 bridgehead atoms. The molecule has 2 aromatic rings. The van der Waals surface area contributed by atoms with E-state index in [0.717, 1.165) is 29.9 Å². The number of benzene rings is 1. The second-order valence-corrected chi connectivity index (χ2v) is 7.38. The van der Waals surface area contributed by atoms with Gasteiger partial charge in [0, 0.05) is 56.1 Å². The lowest BCUT2D eigenvalue weighted by Crippen LogP contribution is -2.46. The second-order valence-electron chi connectivity index (χ2n) is 6.52. The Morgan fingerprint density at radius 3 is 2.76 bits per heavy atom. The number of carbonyl (C=O) groups excluding carboxylic acids is 1. The van der Waals surface area contributed by atoms with Gasteiger partial charge in [0.15, 0.2) is 5.96 Å². The molecule has 0 saturated carbocycles. The van der Waals surface area contributed by atoms with Crippen LogP contribution in [0.1, 0.15) is 16.8 Å². The standard InChI is InChI=1S/C20H25BrN6O.HI/c1-22-20(25-11-10-24-19(28)15-5-4-9-23-13-15)26-16-8-12-27(14-16)18-7-3-2-6-17(18)21;/h2-7,9,13,16H,8,10-12,14H2,1H3,(H,24,28)(H2,22,25,26);1H. The number of amides is 1. The number of anilines is 1. The number of nitrogens with one attached hydrogen (secondary N) is 3. The van der Waals surface area contributed by atoms with Gasteiger partial charge in [0.25, 0.3) is 5.91 Å². The highest BCUT2D eigenvalue weighted by molar-refractivity contribution is 14.0. The van der Waals surface area contributed by atoms with Crippen LogP contribution in [0, 0.1) is 0 Å². The van der Waals surface area contributed by atoms with Crippen molar-refractivity contribution in [3.63, 3.8) is 0 Å². The lowest BCUT2D eigenvalue weighted by Gasteiger charge is -2.21. The zero-order valence-electron chi connectivity index (χ0n) is 16.3. The molecule has 1 saturated heterocycles. The summed E-state index contributed by atoms with van der Waals surface area (Å²) in [5, 5.41) is 9.58. The second kappa shape index (κ2) is 12.0. The van der Waals surface area contributed by atoms with Crippen LogP contribution in [0.4, 0.5) is 5.69 Å². The van der Waals surface area contributed by atoms with E-state index in [1.807, 2.05) is 6.07 Å². The third-order valence-corrected chi connectivity index (χ3v) is 5.24. The first kappa shape index (κ1) is 23.4. The molecule has 1 aromatic carbocycles. The molecule has 9 heteroatoms. The molecule has 0 spiro atoms. The van der Waals surface area contributed by atoms with Crippen LogP contribution in [0.2, 0.25) is 0 Å². The van der Waals surface area contributed by atoms with Crippen LogP contribution in [0.5, 0.6) is 0 Å². The largest absolute Gasteiger partial charge is 0.368 e. The third-order valence-electron chi connectivity index (χ3n) is 4.57. The third kappa shape index (κ3) is 6.84. The van der Waals surface area contributed by atoms with E-state index in [1.54, 1.807) is 31.6 Å². The molecule has 3 rings (SSSR count). The average Bonchev–Trinajstić information content (AvgIpc) is 3.19. The fourth-order valence-electron chi connectivity index (χ4n) is 3.15. The van der Waals surface area contributed by atoms with E-state index < -0.39 is 0 Å². The molecule has 156 valence electrons. The van der Waals surface area contributed by atoms with Crippen LogP contribution in [-0.2, 0) is 0 Å². The predicted octanol–water partition coefficient (Wildman–Crippen LogP) is 2.64. The molecule has 1 amide bonds. The summed E-state index contributed by atoms with van der Waals surface area (Å²) in [5.74, 6) is 0.618. The summed E-state index contributed by atoms with van der Waals surface area (Å²) in [5.41, 5.74) is 1.77. The maximum Gasteiger partial charge on any atom is 0.252 e. The van der Waals surface area contributed by atoms with Crippen LogP contribution in [0.25, 0.3) is 0 Å². The fraction of sp³-hybridized carbons (Fsp3) is 0.350. The van der Waals surface area contributed by atoms with Gasteiger partial charge >= 0.3 is 0 Å². The molecule has 0 radical (unpaired) electrons. The maximum atomic E-state index is 12.0. The van der Waals surface area contributed by atoms with Crippen molar-refractivity contribution in [2.75, 3.05) is 38.1 Å². The number of aliphatic imine (C=N–C) groups is 1. The fourth-order valence-corrected chi connectivity index (χ4v) is 3.68. The minimum Gasteiger partial charge on any atom is -0.368 e. The number of nitrogens with zero attached hydrogens (tertiary/aromatic N) is 3. The minimum absolute atomic E-state index is 0. The van der Waals surface area contributed by atoms with Gasteiger partial charge < -0.3 is 20.9 Å². The highest BCUT2D eigenvalue weighted by atomic mass is 127. The first-order chi connectivity index (χ1) is 13.7. The number of aromatic nitrogens is 1. The van der Waals surface area contributed by atoms with Crippen molar-refractivity contribution in [2.24, 2.45) is 4.99 Å². The van der Waals surface area contributed by atoms with E-state index in [2.05, 4.69) is 65.0 Å². The summed E-state index contributed by atoms with van der Waals surface area (Å²) in [7, 11) is 1.75. The van der Waals surface area contributed by atoms with Crippen LogP contribution in [-0.4, -0.2) is 56.1 Å². The van der Waals surface area contributed by atoms with Gasteiger partial charge in [-0.25, -0.2) is 0 Å². The Kier molecular flexibility index (Phi) is 9.65. The van der Waals surface area contributed by atoms with Gasteiger partial charge in [-0.15, -0.1) is 24.0 Å².